The van der Waals surface area contributed by atoms with Gasteiger partial charge in [0.1, 0.15) is 22.1 Å². The van der Waals surface area contributed by atoms with Gasteiger partial charge in [0, 0.05) is 30.4 Å². The molecule has 1 fully saturated rings. The van der Waals surface area contributed by atoms with Crippen LogP contribution in [0.2, 0.25) is 0 Å². The van der Waals surface area contributed by atoms with Crippen molar-refractivity contribution in [3.8, 4) is 11.4 Å². The number of aryl methyl sites for hydroxylation is 1. The largest absolute Gasteiger partial charge is 0.406 e. The van der Waals surface area contributed by atoms with E-state index in [4.69, 9.17) is 0 Å². The minimum absolute atomic E-state index is 0.0339. The van der Waals surface area contributed by atoms with Crippen molar-refractivity contribution in [1.82, 2.24) is 14.3 Å². The van der Waals surface area contributed by atoms with Crippen LogP contribution in [0.15, 0.2) is 36.5 Å². The van der Waals surface area contributed by atoms with Gasteiger partial charge in [-0.05, 0) is 37.1 Å². The number of halogens is 3. The Balaban J connectivity index is 1.76. The van der Waals surface area contributed by atoms with Crippen molar-refractivity contribution in [2.75, 3.05) is 16.8 Å². The van der Waals surface area contributed by atoms with E-state index in [0.717, 1.165) is 0 Å². The van der Waals surface area contributed by atoms with Crippen molar-refractivity contribution in [2.45, 2.75) is 31.6 Å². The Morgan fingerprint density at radius 2 is 1.93 bits per heavy atom. The fourth-order valence-corrected chi connectivity index (χ4v) is 5.27. The van der Waals surface area contributed by atoms with Gasteiger partial charge >= 0.3 is 6.18 Å². The molecule has 0 saturated carbocycles. The van der Waals surface area contributed by atoms with Crippen LogP contribution in [0.25, 0.3) is 22.3 Å². The van der Waals surface area contributed by atoms with E-state index >= 15 is 0 Å². The van der Waals surface area contributed by atoms with Crippen LogP contribution in [0.4, 0.5) is 18.9 Å². The Morgan fingerprint density at radius 3 is 2.55 bits per heavy atom. The zero-order valence-electron chi connectivity index (χ0n) is 15.8. The standard InChI is InChI=1S/C19H21F3N4O2S/c1-25-8-5-16(24-25)18-11-14-15(23-13-6-9-29(27,28)10-7-13)3-2-4-17(14)26(18)12-19(20,21)22/h2-5,8,11,13,23H,6-7,9-10,12H2,1H3. The lowest BCUT2D eigenvalue weighted by atomic mass is 10.1. The predicted molar refractivity (Wildman–Crippen MR) is 105 cm³/mol. The van der Waals surface area contributed by atoms with E-state index < -0.39 is 22.6 Å². The molecule has 1 aliphatic rings. The quantitative estimate of drug-likeness (QED) is 0.692. The van der Waals surface area contributed by atoms with E-state index in [1.165, 1.54) is 4.57 Å². The normalized spacial score (nSPS) is 17.7. The van der Waals surface area contributed by atoms with Gasteiger partial charge < -0.3 is 9.88 Å². The van der Waals surface area contributed by atoms with E-state index in [9.17, 15) is 21.6 Å². The molecule has 10 heteroatoms. The fourth-order valence-electron chi connectivity index (χ4n) is 3.78. The highest BCUT2D eigenvalue weighted by Gasteiger charge is 2.31. The number of nitrogens with one attached hydrogen (secondary N) is 1. The molecule has 1 saturated heterocycles. The second kappa shape index (κ2) is 7.08. The summed E-state index contributed by atoms with van der Waals surface area (Å²) in [7, 11) is -1.27. The lowest BCUT2D eigenvalue weighted by molar-refractivity contribution is -0.139. The third-order valence-electron chi connectivity index (χ3n) is 5.17. The van der Waals surface area contributed by atoms with Gasteiger partial charge in [-0.3, -0.25) is 4.68 Å². The Bertz CT molecular complexity index is 1130. The molecule has 4 rings (SSSR count). The number of hydrogen-bond acceptors (Lipinski definition) is 4. The number of fused-ring (bicyclic) bond motifs is 1. The fraction of sp³-hybridized carbons (Fsp3) is 0.421. The van der Waals surface area contributed by atoms with Crippen LogP contribution in [-0.2, 0) is 23.4 Å². The number of benzene rings is 1. The lowest BCUT2D eigenvalue weighted by Crippen LogP contribution is -2.32. The monoisotopic (exact) mass is 426 g/mol. The molecule has 0 spiro atoms. The number of alkyl halides is 3. The highest BCUT2D eigenvalue weighted by atomic mass is 32.2. The summed E-state index contributed by atoms with van der Waals surface area (Å²) in [6.07, 6.45) is -1.73. The van der Waals surface area contributed by atoms with Crippen molar-refractivity contribution in [3.63, 3.8) is 0 Å². The summed E-state index contributed by atoms with van der Waals surface area (Å²) in [5.41, 5.74) is 2.00. The molecule has 2 aromatic heterocycles. The third kappa shape index (κ3) is 4.26. The summed E-state index contributed by atoms with van der Waals surface area (Å²) in [5, 5.41) is 8.26. The number of rotatable bonds is 4. The topological polar surface area (TPSA) is 68.9 Å². The molecule has 0 bridgehead atoms. The SMILES string of the molecule is Cn1ccc(-c2cc3c(NC4CCS(=O)(=O)CC4)cccc3n2CC(F)(F)F)n1. The summed E-state index contributed by atoms with van der Waals surface area (Å²) in [5.74, 6) is 0.240. The molecular weight excluding hydrogens is 405 g/mol. The van der Waals surface area contributed by atoms with Crippen molar-refractivity contribution in [3.05, 3.63) is 36.5 Å². The number of anilines is 1. The second-order valence-electron chi connectivity index (χ2n) is 7.41. The van der Waals surface area contributed by atoms with Gasteiger partial charge in [0.25, 0.3) is 0 Å². The van der Waals surface area contributed by atoms with Crippen LogP contribution < -0.4 is 5.32 Å². The molecule has 0 unspecified atom stereocenters. The smallest absolute Gasteiger partial charge is 0.382 e. The third-order valence-corrected chi connectivity index (χ3v) is 6.89. The lowest BCUT2D eigenvalue weighted by Gasteiger charge is -2.24. The number of hydrogen-bond donors (Lipinski definition) is 1. The van der Waals surface area contributed by atoms with Crippen LogP contribution in [-0.4, -0.2) is 46.5 Å². The van der Waals surface area contributed by atoms with E-state index in [-0.39, 0.29) is 17.5 Å². The number of sulfone groups is 1. The van der Waals surface area contributed by atoms with Gasteiger partial charge in [-0.1, -0.05) is 6.07 Å². The summed E-state index contributed by atoms with van der Waals surface area (Å²) in [6.45, 7) is -1.12. The second-order valence-corrected chi connectivity index (χ2v) is 9.72. The van der Waals surface area contributed by atoms with Crippen LogP contribution in [0.5, 0.6) is 0 Å². The minimum Gasteiger partial charge on any atom is -0.382 e. The molecule has 3 aromatic rings. The number of aromatic nitrogens is 3. The first-order valence-electron chi connectivity index (χ1n) is 9.27. The van der Waals surface area contributed by atoms with Gasteiger partial charge in [-0.15, -0.1) is 0 Å². The zero-order chi connectivity index (χ0) is 20.8. The Labute approximate surface area is 166 Å². The first-order chi connectivity index (χ1) is 13.6. The molecule has 156 valence electrons. The molecule has 1 N–H and O–H groups in total. The first-order valence-corrected chi connectivity index (χ1v) is 11.1. The van der Waals surface area contributed by atoms with Crippen LogP contribution in [0.3, 0.4) is 0 Å². The van der Waals surface area contributed by atoms with E-state index in [2.05, 4.69) is 10.4 Å². The zero-order valence-corrected chi connectivity index (χ0v) is 16.6. The maximum absolute atomic E-state index is 13.3. The van der Waals surface area contributed by atoms with Crippen molar-refractivity contribution in [1.29, 1.82) is 0 Å². The molecule has 0 amide bonds. The van der Waals surface area contributed by atoms with Crippen LogP contribution >= 0.6 is 0 Å². The van der Waals surface area contributed by atoms with Crippen LogP contribution in [0, 0.1) is 0 Å². The maximum atomic E-state index is 13.3. The molecule has 3 heterocycles. The van der Waals surface area contributed by atoms with Crippen LogP contribution in [0.1, 0.15) is 12.8 Å². The van der Waals surface area contributed by atoms with Crippen molar-refractivity contribution < 1.29 is 21.6 Å². The average Bonchev–Trinajstić information content (AvgIpc) is 3.20. The summed E-state index contributed by atoms with van der Waals surface area (Å²) in [4.78, 5) is 0. The summed E-state index contributed by atoms with van der Waals surface area (Å²) >= 11 is 0. The molecule has 29 heavy (non-hydrogen) atoms. The molecular formula is C19H21F3N4O2S. The average molecular weight is 426 g/mol. The summed E-state index contributed by atoms with van der Waals surface area (Å²) in [6, 6.07) is 8.54. The first kappa shape index (κ1) is 19.8. The molecule has 0 atom stereocenters. The van der Waals surface area contributed by atoms with Gasteiger partial charge in [0.05, 0.1) is 22.7 Å². The van der Waals surface area contributed by atoms with Gasteiger partial charge in [-0.2, -0.15) is 18.3 Å². The Hall–Kier alpha value is -2.49. The molecule has 0 aliphatic carbocycles. The van der Waals surface area contributed by atoms with Crippen molar-refractivity contribution in [2.24, 2.45) is 7.05 Å². The van der Waals surface area contributed by atoms with E-state index in [0.29, 0.717) is 40.8 Å². The Morgan fingerprint density at radius 1 is 1.21 bits per heavy atom. The van der Waals surface area contributed by atoms with E-state index in [1.54, 1.807) is 42.2 Å². The summed E-state index contributed by atoms with van der Waals surface area (Å²) < 4.78 is 65.9. The highest BCUT2D eigenvalue weighted by Crippen LogP contribution is 2.35. The molecule has 1 aromatic carbocycles. The van der Waals surface area contributed by atoms with E-state index in [1.807, 2.05) is 6.07 Å². The van der Waals surface area contributed by atoms with Gasteiger partial charge in [0.2, 0.25) is 0 Å². The van der Waals surface area contributed by atoms with Gasteiger partial charge in [0.15, 0.2) is 0 Å². The minimum atomic E-state index is -4.38. The van der Waals surface area contributed by atoms with Crippen molar-refractivity contribution >= 4 is 26.4 Å². The maximum Gasteiger partial charge on any atom is 0.406 e. The highest BCUT2D eigenvalue weighted by molar-refractivity contribution is 7.91. The number of nitrogens with zero attached hydrogens (tertiary/aromatic N) is 3. The predicted octanol–water partition coefficient (Wildman–Crippen LogP) is 3.59. The van der Waals surface area contributed by atoms with Gasteiger partial charge in [-0.25, -0.2) is 8.42 Å². The molecule has 0 radical (unpaired) electrons. The molecule has 6 nitrogen and oxygen atoms in total. The Kier molecular flexibility index (Phi) is 4.84. The molecule has 1 aliphatic heterocycles.